The lowest BCUT2D eigenvalue weighted by Gasteiger charge is -2.13. The summed E-state index contributed by atoms with van der Waals surface area (Å²) in [6.45, 7) is 5.29. The highest BCUT2D eigenvalue weighted by molar-refractivity contribution is 6.35. The van der Waals surface area contributed by atoms with E-state index in [9.17, 15) is 9.59 Å². The summed E-state index contributed by atoms with van der Waals surface area (Å²) in [4.78, 5) is 23.5. The van der Waals surface area contributed by atoms with Gasteiger partial charge in [-0.15, -0.1) is 0 Å². The van der Waals surface area contributed by atoms with Gasteiger partial charge in [0.05, 0.1) is 0 Å². The van der Waals surface area contributed by atoms with Gasteiger partial charge in [-0.3, -0.25) is 9.59 Å². The van der Waals surface area contributed by atoms with Gasteiger partial charge < -0.3 is 10.6 Å². The second-order valence-electron chi connectivity index (χ2n) is 6.40. The van der Waals surface area contributed by atoms with Gasteiger partial charge in [-0.05, 0) is 17.9 Å². The van der Waals surface area contributed by atoms with Crippen molar-refractivity contribution in [2.45, 2.75) is 64.7 Å². The van der Waals surface area contributed by atoms with E-state index >= 15 is 0 Å². The van der Waals surface area contributed by atoms with Gasteiger partial charge in [-0.1, -0.05) is 82.7 Å². The predicted molar refractivity (Wildman–Crippen MR) is 98.9 cm³/mol. The maximum absolute atomic E-state index is 11.8. The second kappa shape index (κ2) is 12.6. The topological polar surface area (TPSA) is 58.2 Å². The van der Waals surface area contributed by atoms with E-state index in [1.54, 1.807) is 0 Å². The second-order valence-corrected chi connectivity index (χ2v) is 6.40. The zero-order chi connectivity index (χ0) is 17.6. The summed E-state index contributed by atoms with van der Waals surface area (Å²) >= 11 is 0. The number of hydrogen-bond donors (Lipinski definition) is 2. The number of carbonyl (C=O) groups excluding carboxylic acids is 2. The molecule has 0 aromatic heterocycles. The van der Waals surface area contributed by atoms with E-state index in [0.717, 1.165) is 18.4 Å². The van der Waals surface area contributed by atoms with Crippen LogP contribution in [0.4, 0.5) is 0 Å². The van der Waals surface area contributed by atoms with E-state index < -0.39 is 11.8 Å². The fourth-order valence-corrected chi connectivity index (χ4v) is 2.59. The standard InChI is InChI=1S/C20H32N2O2/c1-3-4-5-6-7-8-12-15-21-19(23)20(24)22-16-17(2)18-13-10-9-11-14-18/h9-11,13-14,17H,3-8,12,15-16H2,1-2H3,(H,21,23)(H,22,24)/t17-/m0/s1. The molecule has 0 aliphatic heterocycles. The zero-order valence-electron chi connectivity index (χ0n) is 15.1. The highest BCUT2D eigenvalue weighted by Crippen LogP contribution is 2.12. The Bertz CT molecular complexity index is 474. The van der Waals surface area contributed by atoms with Crippen LogP contribution in [0.1, 0.15) is 70.3 Å². The molecular weight excluding hydrogens is 300 g/mol. The lowest BCUT2D eigenvalue weighted by molar-refractivity contribution is -0.139. The van der Waals surface area contributed by atoms with Crippen LogP contribution < -0.4 is 10.6 Å². The number of carbonyl (C=O) groups is 2. The molecule has 134 valence electrons. The molecule has 24 heavy (non-hydrogen) atoms. The molecule has 0 fully saturated rings. The van der Waals surface area contributed by atoms with Gasteiger partial charge in [0.2, 0.25) is 0 Å². The van der Waals surface area contributed by atoms with Crippen molar-refractivity contribution in [1.82, 2.24) is 10.6 Å². The first-order valence-electron chi connectivity index (χ1n) is 9.26. The van der Waals surface area contributed by atoms with Crippen LogP contribution in [0.25, 0.3) is 0 Å². The molecule has 1 aromatic rings. The fraction of sp³-hybridized carbons (Fsp3) is 0.600. The molecule has 0 spiro atoms. The van der Waals surface area contributed by atoms with E-state index in [-0.39, 0.29) is 5.92 Å². The lowest BCUT2D eigenvalue weighted by Crippen LogP contribution is -2.41. The largest absolute Gasteiger partial charge is 0.348 e. The van der Waals surface area contributed by atoms with Gasteiger partial charge in [0, 0.05) is 13.1 Å². The molecule has 1 aromatic carbocycles. The fourth-order valence-electron chi connectivity index (χ4n) is 2.59. The quantitative estimate of drug-likeness (QED) is 0.479. The first-order chi connectivity index (χ1) is 11.6. The van der Waals surface area contributed by atoms with Crippen molar-refractivity contribution >= 4 is 11.8 Å². The van der Waals surface area contributed by atoms with Crippen LogP contribution in [0.15, 0.2) is 30.3 Å². The number of hydrogen-bond acceptors (Lipinski definition) is 2. The summed E-state index contributed by atoms with van der Waals surface area (Å²) in [5.74, 6) is -0.881. The van der Waals surface area contributed by atoms with Crippen molar-refractivity contribution in [3.63, 3.8) is 0 Å². The Hall–Kier alpha value is -1.84. The molecular formula is C20H32N2O2. The predicted octanol–water partition coefficient (Wildman–Crippen LogP) is 3.77. The maximum Gasteiger partial charge on any atom is 0.309 e. The third-order valence-electron chi connectivity index (χ3n) is 4.21. The molecule has 0 heterocycles. The Labute approximate surface area is 146 Å². The molecule has 1 rings (SSSR count). The average Bonchev–Trinajstić information content (AvgIpc) is 2.62. The maximum atomic E-state index is 11.8. The molecule has 0 radical (unpaired) electrons. The number of nitrogens with one attached hydrogen (secondary N) is 2. The smallest absolute Gasteiger partial charge is 0.309 e. The third kappa shape index (κ3) is 8.70. The molecule has 0 aliphatic carbocycles. The summed E-state index contributed by atoms with van der Waals surface area (Å²) in [5, 5.41) is 5.40. The molecule has 1 atom stereocenters. The number of benzene rings is 1. The summed E-state index contributed by atoms with van der Waals surface area (Å²) in [6.07, 6.45) is 8.37. The first kappa shape index (κ1) is 20.2. The molecule has 0 bridgehead atoms. The SMILES string of the molecule is CCCCCCCCCNC(=O)C(=O)NC[C@H](C)c1ccccc1. The number of rotatable bonds is 11. The first-order valence-corrected chi connectivity index (χ1v) is 9.26. The molecule has 4 heteroatoms. The van der Waals surface area contributed by atoms with Crippen molar-refractivity contribution < 1.29 is 9.59 Å². The van der Waals surface area contributed by atoms with E-state index in [4.69, 9.17) is 0 Å². The van der Waals surface area contributed by atoms with Crippen LogP contribution >= 0.6 is 0 Å². The Kier molecular flexibility index (Phi) is 10.6. The highest BCUT2D eigenvalue weighted by atomic mass is 16.2. The van der Waals surface area contributed by atoms with Gasteiger partial charge in [0.25, 0.3) is 0 Å². The van der Waals surface area contributed by atoms with E-state index in [2.05, 4.69) is 17.6 Å². The highest BCUT2D eigenvalue weighted by Gasteiger charge is 2.14. The molecule has 2 amide bonds. The zero-order valence-corrected chi connectivity index (χ0v) is 15.1. The van der Waals surface area contributed by atoms with Crippen molar-refractivity contribution in [3.8, 4) is 0 Å². The van der Waals surface area contributed by atoms with E-state index in [1.807, 2.05) is 37.3 Å². The van der Waals surface area contributed by atoms with Gasteiger partial charge in [0.1, 0.15) is 0 Å². The molecule has 0 saturated carbocycles. The van der Waals surface area contributed by atoms with Crippen LogP contribution in [0, 0.1) is 0 Å². The molecule has 0 saturated heterocycles. The minimum Gasteiger partial charge on any atom is -0.348 e. The van der Waals surface area contributed by atoms with Crippen LogP contribution in [0.2, 0.25) is 0 Å². The molecule has 0 aliphatic rings. The van der Waals surface area contributed by atoms with Crippen LogP contribution in [-0.2, 0) is 9.59 Å². The molecule has 2 N–H and O–H groups in total. The monoisotopic (exact) mass is 332 g/mol. The van der Waals surface area contributed by atoms with Gasteiger partial charge in [-0.2, -0.15) is 0 Å². The minimum absolute atomic E-state index is 0.186. The summed E-state index contributed by atoms with van der Waals surface area (Å²) < 4.78 is 0. The van der Waals surface area contributed by atoms with Crippen LogP contribution in [0.3, 0.4) is 0 Å². The van der Waals surface area contributed by atoms with Gasteiger partial charge in [-0.25, -0.2) is 0 Å². The normalized spacial score (nSPS) is 11.8. The molecule has 4 nitrogen and oxygen atoms in total. The van der Waals surface area contributed by atoms with Gasteiger partial charge >= 0.3 is 11.8 Å². The van der Waals surface area contributed by atoms with Crippen molar-refractivity contribution in [2.24, 2.45) is 0 Å². The Balaban J connectivity index is 2.09. The Morgan fingerprint density at radius 3 is 2.12 bits per heavy atom. The van der Waals surface area contributed by atoms with Gasteiger partial charge in [0.15, 0.2) is 0 Å². The third-order valence-corrected chi connectivity index (χ3v) is 4.21. The Morgan fingerprint density at radius 2 is 1.46 bits per heavy atom. The summed E-state index contributed by atoms with van der Waals surface area (Å²) in [6, 6.07) is 9.96. The summed E-state index contributed by atoms with van der Waals surface area (Å²) in [7, 11) is 0. The summed E-state index contributed by atoms with van der Waals surface area (Å²) in [5.41, 5.74) is 1.15. The van der Waals surface area contributed by atoms with E-state index in [1.165, 1.54) is 32.1 Å². The molecule has 0 unspecified atom stereocenters. The average molecular weight is 332 g/mol. The van der Waals surface area contributed by atoms with Crippen molar-refractivity contribution in [3.05, 3.63) is 35.9 Å². The minimum atomic E-state index is -0.541. The van der Waals surface area contributed by atoms with E-state index in [0.29, 0.717) is 13.1 Å². The lowest BCUT2D eigenvalue weighted by atomic mass is 10.0. The van der Waals surface area contributed by atoms with Crippen LogP contribution in [0.5, 0.6) is 0 Å². The van der Waals surface area contributed by atoms with Crippen LogP contribution in [-0.4, -0.2) is 24.9 Å². The van der Waals surface area contributed by atoms with Crippen molar-refractivity contribution in [1.29, 1.82) is 0 Å². The Morgan fingerprint density at radius 1 is 0.875 bits per heavy atom. The number of amides is 2. The number of unbranched alkanes of at least 4 members (excludes halogenated alkanes) is 6. The van der Waals surface area contributed by atoms with Crippen molar-refractivity contribution in [2.75, 3.05) is 13.1 Å².